The number of carbonyl (C=O) groups is 1. The molecule has 4 fully saturated rings. The zero-order valence-corrected chi connectivity index (χ0v) is 21.7. The van der Waals surface area contributed by atoms with Crippen LogP contribution >= 0.6 is 0 Å². The third-order valence-corrected chi connectivity index (χ3v) is 9.70. The van der Waals surface area contributed by atoms with Crippen molar-refractivity contribution < 1.29 is 9.00 Å². The summed E-state index contributed by atoms with van der Waals surface area (Å²) >= 11 is -1.05. The first-order valence-electron chi connectivity index (χ1n) is 12.7. The Morgan fingerprint density at radius 2 is 1.88 bits per heavy atom. The minimum Gasteiger partial charge on any atom is -0.390 e. The van der Waals surface area contributed by atoms with Gasteiger partial charge in [0.2, 0.25) is 6.41 Å². The van der Waals surface area contributed by atoms with Crippen LogP contribution in [0.1, 0.15) is 58.8 Å². The van der Waals surface area contributed by atoms with Crippen LogP contribution in [0.25, 0.3) is 0 Å². The van der Waals surface area contributed by atoms with Crippen molar-refractivity contribution in [1.82, 2.24) is 18.8 Å². The van der Waals surface area contributed by atoms with Gasteiger partial charge in [-0.15, -0.1) is 0 Å². The van der Waals surface area contributed by atoms with Gasteiger partial charge in [0.15, 0.2) is 11.2 Å². The number of aliphatic imine (C=N–C) groups is 2. The molecule has 0 aromatic heterocycles. The lowest BCUT2D eigenvalue weighted by molar-refractivity contribution is -0.118. The number of nitrogens with two attached hydrogens (primary N) is 1. The van der Waals surface area contributed by atoms with Crippen molar-refractivity contribution in [1.29, 1.82) is 0 Å². The summed E-state index contributed by atoms with van der Waals surface area (Å²) in [5.74, 6) is 1.11. The number of hydrogen-bond acceptors (Lipinski definition) is 5. The van der Waals surface area contributed by atoms with Gasteiger partial charge in [0.05, 0.1) is 12.4 Å². The van der Waals surface area contributed by atoms with E-state index >= 15 is 0 Å². The maximum atomic E-state index is 12.8. The average Bonchev–Trinajstić information content (AvgIpc) is 3.41. The highest BCUT2D eigenvalue weighted by atomic mass is 32.2. The predicted octanol–water partition coefficient (Wildman–Crippen LogP) is 1.65. The molecule has 0 spiro atoms. The summed E-state index contributed by atoms with van der Waals surface area (Å²) in [4.78, 5) is 23.5. The molecule has 190 valence electrons. The highest BCUT2D eigenvalue weighted by Gasteiger charge is 2.44. The summed E-state index contributed by atoms with van der Waals surface area (Å²) in [5.41, 5.74) is 6.74. The standard InChI is InChI=1S/C24H41N7O2S/c1-18-5-4-6-22(18)31(17-32)23(28-16-25)21(24(2)9-10-24)13-27-19-7-11-29(12-8-19)34(33)30-14-20(15-30)26-3/h13,16-20,22,26H,4-12,14-15H2,1-3H3,(H2,25,28)/b23-21-,27-13?. The maximum absolute atomic E-state index is 12.8. The molecule has 3 atom stereocenters. The van der Waals surface area contributed by atoms with Crippen molar-refractivity contribution in [3.8, 4) is 0 Å². The van der Waals surface area contributed by atoms with E-state index < -0.39 is 11.2 Å². The lowest BCUT2D eigenvalue weighted by Gasteiger charge is -2.41. The maximum Gasteiger partial charge on any atom is 0.215 e. The molecule has 0 bridgehead atoms. The van der Waals surface area contributed by atoms with Crippen LogP contribution in [-0.2, 0) is 16.0 Å². The number of piperidine rings is 1. The van der Waals surface area contributed by atoms with E-state index in [1.54, 1.807) is 0 Å². The molecule has 2 heterocycles. The highest BCUT2D eigenvalue weighted by molar-refractivity contribution is 7.80. The van der Waals surface area contributed by atoms with E-state index in [1.165, 1.54) is 6.34 Å². The summed E-state index contributed by atoms with van der Waals surface area (Å²) in [6, 6.07) is 0.790. The van der Waals surface area contributed by atoms with Crippen molar-refractivity contribution in [2.75, 3.05) is 33.2 Å². The Bertz CT molecular complexity index is 842. The SMILES string of the molecule is CNC1CN(S(=O)N2CCC(N=C/C(=C(\N=C\N)N(C=O)C3CCCC3C)C3(C)CC3)CC2)C1. The van der Waals surface area contributed by atoms with E-state index in [9.17, 15) is 9.00 Å². The quantitative estimate of drug-likeness (QED) is 0.275. The monoisotopic (exact) mass is 491 g/mol. The molecule has 4 aliphatic rings. The molecule has 2 aliphatic heterocycles. The topological polar surface area (TPSA) is 107 Å². The number of likely N-dealkylation sites (N-methyl/N-ethyl adjacent to an activating group) is 1. The number of hydrogen-bond donors (Lipinski definition) is 2. The van der Waals surface area contributed by atoms with Gasteiger partial charge >= 0.3 is 0 Å². The Labute approximate surface area is 206 Å². The third kappa shape index (κ3) is 5.45. The fraction of sp³-hybridized carbons (Fsp3) is 0.792. The normalized spacial score (nSPS) is 30.4. The minimum atomic E-state index is -1.05. The second kappa shape index (κ2) is 11.0. The van der Waals surface area contributed by atoms with Crippen molar-refractivity contribution in [3.05, 3.63) is 11.4 Å². The molecule has 2 saturated heterocycles. The van der Waals surface area contributed by atoms with Crippen molar-refractivity contribution >= 4 is 30.1 Å². The Balaban J connectivity index is 1.46. The van der Waals surface area contributed by atoms with E-state index in [1.807, 2.05) is 22.5 Å². The van der Waals surface area contributed by atoms with E-state index in [0.29, 0.717) is 17.8 Å². The zero-order valence-electron chi connectivity index (χ0n) is 20.9. The summed E-state index contributed by atoms with van der Waals surface area (Å²) in [6.07, 6.45) is 11.3. The van der Waals surface area contributed by atoms with E-state index in [-0.39, 0.29) is 17.5 Å². The number of nitrogens with zero attached hydrogens (tertiary/aromatic N) is 5. The van der Waals surface area contributed by atoms with Crippen LogP contribution < -0.4 is 11.1 Å². The van der Waals surface area contributed by atoms with Gasteiger partial charge in [0, 0.05) is 50.1 Å². The van der Waals surface area contributed by atoms with Crippen LogP contribution in [0, 0.1) is 11.3 Å². The largest absolute Gasteiger partial charge is 0.390 e. The van der Waals surface area contributed by atoms with Gasteiger partial charge in [-0.2, -0.15) is 0 Å². The van der Waals surface area contributed by atoms with E-state index in [0.717, 1.165) is 83.1 Å². The number of rotatable bonds is 10. The molecule has 3 N–H and O–H groups in total. The molecule has 9 nitrogen and oxygen atoms in total. The summed E-state index contributed by atoms with van der Waals surface area (Å²) in [7, 11) is 1.95. The second-order valence-electron chi connectivity index (χ2n) is 10.6. The molecule has 2 saturated carbocycles. The van der Waals surface area contributed by atoms with Gasteiger partial charge in [-0.1, -0.05) is 20.3 Å². The molecule has 0 radical (unpaired) electrons. The molecular weight excluding hydrogens is 450 g/mol. The molecule has 3 unspecified atom stereocenters. The fourth-order valence-electron chi connectivity index (χ4n) is 5.35. The van der Waals surface area contributed by atoms with Crippen LogP contribution in [0.3, 0.4) is 0 Å². The van der Waals surface area contributed by atoms with Crippen LogP contribution in [0.5, 0.6) is 0 Å². The smallest absolute Gasteiger partial charge is 0.215 e. The third-order valence-electron chi connectivity index (χ3n) is 8.16. The Kier molecular flexibility index (Phi) is 8.22. The van der Waals surface area contributed by atoms with Gasteiger partial charge in [0.1, 0.15) is 5.82 Å². The number of carbonyl (C=O) groups excluding carboxylic acids is 1. The molecule has 34 heavy (non-hydrogen) atoms. The Morgan fingerprint density at radius 1 is 1.18 bits per heavy atom. The van der Waals surface area contributed by atoms with Crippen molar-refractivity contribution in [2.45, 2.75) is 76.9 Å². The van der Waals surface area contributed by atoms with Crippen LogP contribution in [0.4, 0.5) is 0 Å². The Morgan fingerprint density at radius 3 is 2.41 bits per heavy atom. The molecule has 0 aromatic rings. The average molecular weight is 492 g/mol. The van der Waals surface area contributed by atoms with Gasteiger partial charge in [-0.3, -0.25) is 14.7 Å². The van der Waals surface area contributed by atoms with Crippen molar-refractivity contribution in [2.24, 2.45) is 27.1 Å². The molecule has 0 aromatic carbocycles. The molecule has 2 aliphatic carbocycles. The van der Waals surface area contributed by atoms with E-state index in [2.05, 4.69) is 28.5 Å². The predicted molar refractivity (Wildman–Crippen MR) is 137 cm³/mol. The van der Waals surface area contributed by atoms with Crippen molar-refractivity contribution in [3.63, 3.8) is 0 Å². The lowest BCUT2D eigenvalue weighted by Crippen LogP contribution is -2.60. The van der Waals surface area contributed by atoms with Crippen LogP contribution in [-0.4, -0.2) is 88.0 Å². The van der Waals surface area contributed by atoms with Gasteiger partial charge in [0.25, 0.3) is 0 Å². The molecule has 4 rings (SSSR count). The van der Waals surface area contributed by atoms with E-state index in [4.69, 9.17) is 10.7 Å². The first-order chi connectivity index (χ1) is 16.4. The first-order valence-corrected chi connectivity index (χ1v) is 13.8. The number of amides is 1. The minimum absolute atomic E-state index is 0.0159. The molecule has 10 heteroatoms. The number of nitrogens with one attached hydrogen (secondary N) is 1. The fourth-order valence-corrected chi connectivity index (χ4v) is 6.81. The van der Waals surface area contributed by atoms with Gasteiger partial charge in [-0.05, 0) is 56.9 Å². The summed E-state index contributed by atoms with van der Waals surface area (Å²) in [6.45, 7) is 7.66. The summed E-state index contributed by atoms with van der Waals surface area (Å²) < 4.78 is 16.9. The molecular formula is C24H41N7O2S. The van der Waals surface area contributed by atoms with Gasteiger partial charge < -0.3 is 11.1 Å². The highest BCUT2D eigenvalue weighted by Crippen LogP contribution is 2.52. The molecule has 1 amide bonds. The van der Waals surface area contributed by atoms with Gasteiger partial charge in [-0.25, -0.2) is 17.8 Å². The number of allylic oxidation sites excluding steroid dienone is 1. The second-order valence-corrected chi connectivity index (χ2v) is 12.1. The van der Waals surface area contributed by atoms with Crippen LogP contribution in [0.15, 0.2) is 21.4 Å². The summed E-state index contributed by atoms with van der Waals surface area (Å²) in [5, 5.41) is 3.23. The zero-order chi connectivity index (χ0) is 24.3. The first kappa shape index (κ1) is 25.5. The van der Waals surface area contributed by atoms with Crippen LogP contribution in [0.2, 0.25) is 0 Å². The lowest BCUT2D eigenvalue weighted by atomic mass is 9.97. The Hall–Kier alpha value is -1.62.